The second-order valence-corrected chi connectivity index (χ2v) is 17.1. The third-order valence-electron chi connectivity index (χ3n) is 9.27. The van der Waals surface area contributed by atoms with Gasteiger partial charge in [0.25, 0.3) is 7.82 Å². The molecule has 0 aliphatic carbocycles. The highest BCUT2D eigenvalue weighted by molar-refractivity contribution is 7.45. The predicted octanol–water partition coefficient (Wildman–Crippen LogP) is 11.2. The standard InChI is InChI=1S/C45H83N2O6P/c1-6-8-10-12-14-16-18-20-21-22-23-24-25-27-29-31-33-35-37-39-45(49)46-43(42-53-54(50,51)52-41-40-47(3,4)5)44(48)38-36-34-32-30-28-26-19-17-15-13-11-9-7-2/h8,10,14,16,20-21,23-24,27,29,43-44,48H,6-7,9,11-13,15,17-19,22,25-26,28,30-42H2,1-5H3,(H-,46,49,50,51)/b10-8-,16-14-,21-20-,24-23-,29-27-. The lowest BCUT2D eigenvalue weighted by Gasteiger charge is -2.30. The van der Waals surface area contributed by atoms with Crippen molar-refractivity contribution >= 4 is 13.7 Å². The first kappa shape index (κ1) is 52.2. The number of aliphatic hydroxyl groups is 1. The molecule has 0 fully saturated rings. The van der Waals surface area contributed by atoms with Gasteiger partial charge in [-0.3, -0.25) is 9.36 Å². The minimum absolute atomic E-state index is 0.00242. The molecule has 2 N–H and O–H groups in total. The SMILES string of the molecule is CC/C=C\C/C=C\C/C=C\C/C=C\C/C=C\CCCCCC(=O)NC(COP(=O)([O-])OCC[N+](C)(C)C)C(O)CCCCCCCCCCCCCCC. The highest BCUT2D eigenvalue weighted by Crippen LogP contribution is 2.38. The third kappa shape index (κ3) is 38.5. The van der Waals surface area contributed by atoms with Crippen molar-refractivity contribution in [3.8, 4) is 0 Å². The first-order valence-corrected chi connectivity index (χ1v) is 23.1. The molecular weight excluding hydrogens is 695 g/mol. The predicted molar refractivity (Wildman–Crippen MR) is 228 cm³/mol. The number of amides is 1. The van der Waals surface area contributed by atoms with E-state index in [1.54, 1.807) is 0 Å². The monoisotopic (exact) mass is 779 g/mol. The summed E-state index contributed by atoms with van der Waals surface area (Å²) in [6.07, 6.45) is 46.5. The zero-order valence-electron chi connectivity index (χ0n) is 35.4. The lowest BCUT2D eigenvalue weighted by Crippen LogP contribution is -2.46. The first-order valence-electron chi connectivity index (χ1n) is 21.6. The summed E-state index contributed by atoms with van der Waals surface area (Å²) < 4.78 is 23.2. The Balaban J connectivity index is 4.46. The Hall–Kier alpha value is -1.80. The molecule has 9 heteroatoms. The number of carbonyl (C=O) groups is 1. The summed E-state index contributed by atoms with van der Waals surface area (Å²) >= 11 is 0. The number of carbonyl (C=O) groups excluding carboxylic acids is 1. The maximum absolute atomic E-state index is 12.8. The molecule has 0 aromatic carbocycles. The van der Waals surface area contributed by atoms with E-state index < -0.39 is 20.0 Å². The fourth-order valence-corrected chi connectivity index (χ4v) is 6.55. The Labute approximate surface area is 332 Å². The van der Waals surface area contributed by atoms with Crippen LogP contribution in [0.1, 0.15) is 168 Å². The molecule has 0 radical (unpaired) electrons. The molecule has 0 aliphatic rings. The zero-order valence-corrected chi connectivity index (χ0v) is 36.3. The van der Waals surface area contributed by atoms with Gasteiger partial charge in [-0.15, -0.1) is 0 Å². The number of phosphoric acid groups is 1. The van der Waals surface area contributed by atoms with Crippen molar-refractivity contribution in [3.63, 3.8) is 0 Å². The lowest BCUT2D eigenvalue weighted by atomic mass is 10.0. The summed E-state index contributed by atoms with van der Waals surface area (Å²) in [5.74, 6) is -0.199. The van der Waals surface area contributed by atoms with Gasteiger partial charge in [-0.25, -0.2) is 0 Å². The van der Waals surface area contributed by atoms with Crippen LogP contribution in [0.25, 0.3) is 0 Å². The van der Waals surface area contributed by atoms with E-state index in [0.717, 1.165) is 77.0 Å². The van der Waals surface area contributed by atoms with Gasteiger partial charge in [0.15, 0.2) is 0 Å². The van der Waals surface area contributed by atoms with Crippen LogP contribution in [0.2, 0.25) is 0 Å². The van der Waals surface area contributed by atoms with Gasteiger partial charge in [0.2, 0.25) is 5.91 Å². The number of quaternary nitrogens is 1. The van der Waals surface area contributed by atoms with Gasteiger partial charge in [-0.1, -0.05) is 164 Å². The average Bonchev–Trinajstić information content (AvgIpc) is 3.12. The van der Waals surface area contributed by atoms with Gasteiger partial charge in [-0.2, -0.15) is 0 Å². The number of nitrogens with zero attached hydrogens (tertiary/aromatic N) is 1. The fraction of sp³-hybridized carbons (Fsp3) is 0.756. The van der Waals surface area contributed by atoms with Crippen molar-refractivity contribution < 1.29 is 32.9 Å². The van der Waals surface area contributed by atoms with Crippen LogP contribution in [0, 0.1) is 0 Å². The van der Waals surface area contributed by atoms with E-state index in [4.69, 9.17) is 9.05 Å². The molecule has 0 aromatic heterocycles. The molecule has 54 heavy (non-hydrogen) atoms. The Kier molecular flexibility index (Phi) is 35.6. The molecular formula is C45H83N2O6P. The smallest absolute Gasteiger partial charge is 0.268 e. The van der Waals surface area contributed by atoms with Crippen LogP contribution in [0.15, 0.2) is 60.8 Å². The number of allylic oxidation sites excluding steroid dienone is 10. The summed E-state index contributed by atoms with van der Waals surface area (Å²) in [4.78, 5) is 25.3. The number of hydrogen-bond acceptors (Lipinski definition) is 6. The van der Waals surface area contributed by atoms with E-state index in [0.29, 0.717) is 23.9 Å². The van der Waals surface area contributed by atoms with Gasteiger partial charge >= 0.3 is 0 Å². The quantitative estimate of drug-likeness (QED) is 0.0280. The van der Waals surface area contributed by atoms with Crippen molar-refractivity contribution in [3.05, 3.63) is 60.8 Å². The van der Waals surface area contributed by atoms with Crippen LogP contribution in [-0.4, -0.2) is 68.5 Å². The van der Waals surface area contributed by atoms with Crippen molar-refractivity contribution in [2.75, 3.05) is 40.9 Å². The minimum Gasteiger partial charge on any atom is -0.756 e. The van der Waals surface area contributed by atoms with E-state index in [-0.39, 0.29) is 19.1 Å². The molecule has 0 bridgehead atoms. The summed E-state index contributed by atoms with van der Waals surface area (Å²) in [5.41, 5.74) is 0. The van der Waals surface area contributed by atoms with Gasteiger partial charge in [0.1, 0.15) is 13.2 Å². The normalized spacial score (nSPS) is 15.0. The van der Waals surface area contributed by atoms with E-state index in [9.17, 15) is 19.4 Å². The Morgan fingerprint density at radius 2 is 1.13 bits per heavy atom. The molecule has 0 aromatic rings. The number of unbranched alkanes of at least 4 members (excludes halogenated alkanes) is 15. The van der Waals surface area contributed by atoms with Gasteiger partial charge in [0.05, 0.1) is 39.9 Å². The highest BCUT2D eigenvalue weighted by atomic mass is 31.2. The second-order valence-electron chi connectivity index (χ2n) is 15.7. The Bertz CT molecular complexity index is 1060. The van der Waals surface area contributed by atoms with Crippen molar-refractivity contribution in [1.82, 2.24) is 5.32 Å². The minimum atomic E-state index is -4.57. The van der Waals surface area contributed by atoms with Crippen LogP contribution >= 0.6 is 7.82 Å². The highest BCUT2D eigenvalue weighted by Gasteiger charge is 2.24. The number of nitrogens with one attached hydrogen (secondary N) is 1. The fourth-order valence-electron chi connectivity index (χ4n) is 5.83. The number of likely N-dealkylation sites (N-methyl/N-ethyl adjacent to an activating group) is 1. The van der Waals surface area contributed by atoms with E-state index >= 15 is 0 Å². The van der Waals surface area contributed by atoms with Crippen LogP contribution in [0.3, 0.4) is 0 Å². The topological polar surface area (TPSA) is 108 Å². The zero-order chi connectivity index (χ0) is 40.0. The molecule has 8 nitrogen and oxygen atoms in total. The maximum Gasteiger partial charge on any atom is 0.268 e. The number of hydrogen-bond donors (Lipinski definition) is 2. The summed E-state index contributed by atoms with van der Waals surface area (Å²) in [6, 6.07) is -0.819. The van der Waals surface area contributed by atoms with Crippen LogP contribution < -0.4 is 10.2 Å². The molecule has 0 spiro atoms. The van der Waals surface area contributed by atoms with Gasteiger partial charge in [0, 0.05) is 6.42 Å². The van der Waals surface area contributed by atoms with Crippen molar-refractivity contribution in [2.45, 2.75) is 180 Å². The molecule has 0 saturated heterocycles. The summed E-state index contributed by atoms with van der Waals surface area (Å²) in [7, 11) is 1.27. The molecule has 3 atom stereocenters. The van der Waals surface area contributed by atoms with E-state index in [1.165, 1.54) is 64.2 Å². The van der Waals surface area contributed by atoms with Crippen LogP contribution in [0.5, 0.6) is 0 Å². The number of phosphoric ester groups is 1. The molecule has 1 amide bonds. The van der Waals surface area contributed by atoms with E-state index in [2.05, 4.69) is 79.9 Å². The van der Waals surface area contributed by atoms with E-state index in [1.807, 2.05) is 21.1 Å². The molecule has 0 saturated carbocycles. The second kappa shape index (κ2) is 36.8. The largest absolute Gasteiger partial charge is 0.756 e. The average molecular weight is 779 g/mol. The summed E-state index contributed by atoms with van der Waals surface area (Å²) in [6.45, 7) is 4.55. The lowest BCUT2D eigenvalue weighted by molar-refractivity contribution is -0.870. The number of rotatable bonds is 38. The molecule has 3 unspecified atom stereocenters. The maximum atomic E-state index is 12.8. The van der Waals surface area contributed by atoms with Gasteiger partial charge < -0.3 is 28.8 Å². The van der Waals surface area contributed by atoms with Crippen LogP contribution in [0.4, 0.5) is 0 Å². The molecule has 314 valence electrons. The molecule has 0 heterocycles. The molecule has 0 rings (SSSR count). The Morgan fingerprint density at radius 3 is 1.63 bits per heavy atom. The first-order chi connectivity index (χ1) is 26.0. The summed E-state index contributed by atoms with van der Waals surface area (Å²) in [5, 5.41) is 13.9. The van der Waals surface area contributed by atoms with Crippen molar-refractivity contribution in [2.24, 2.45) is 0 Å². The molecule has 0 aliphatic heterocycles. The van der Waals surface area contributed by atoms with Crippen molar-refractivity contribution in [1.29, 1.82) is 0 Å². The third-order valence-corrected chi connectivity index (χ3v) is 10.2. The van der Waals surface area contributed by atoms with Gasteiger partial charge in [-0.05, 0) is 57.8 Å². The Morgan fingerprint density at radius 1 is 0.667 bits per heavy atom. The number of aliphatic hydroxyl groups excluding tert-OH is 1. The van der Waals surface area contributed by atoms with Crippen LogP contribution in [-0.2, 0) is 18.4 Å².